The first-order valence-electron chi connectivity index (χ1n) is 13.2. The van der Waals surface area contributed by atoms with Gasteiger partial charge in [0.1, 0.15) is 11.6 Å². The number of halogens is 2. The van der Waals surface area contributed by atoms with Gasteiger partial charge in [-0.2, -0.15) is 0 Å². The third-order valence-electron chi connectivity index (χ3n) is 7.64. The Morgan fingerprint density at radius 1 is 1.15 bits per heavy atom. The lowest BCUT2D eigenvalue weighted by Crippen LogP contribution is -2.46. The zero-order chi connectivity index (χ0) is 27.7. The van der Waals surface area contributed by atoms with Gasteiger partial charge in [-0.05, 0) is 62.4 Å². The van der Waals surface area contributed by atoms with E-state index in [2.05, 4.69) is 42.7 Å². The highest BCUT2D eigenvalue weighted by atomic mass is 35.5. The number of aromatic nitrogens is 4. The van der Waals surface area contributed by atoms with Crippen LogP contribution in [0, 0.1) is 5.82 Å². The van der Waals surface area contributed by atoms with Gasteiger partial charge in [-0.3, -0.25) is 9.78 Å². The Bertz CT molecular complexity index is 1520. The van der Waals surface area contributed by atoms with Gasteiger partial charge in [0, 0.05) is 48.7 Å². The average Bonchev–Trinajstić information content (AvgIpc) is 3.48. The van der Waals surface area contributed by atoms with Gasteiger partial charge in [0.05, 0.1) is 28.8 Å². The van der Waals surface area contributed by atoms with Crippen molar-refractivity contribution in [2.45, 2.75) is 30.8 Å². The van der Waals surface area contributed by atoms with E-state index in [1.165, 1.54) is 12.1 Å². The Morgan fingerprint density at radius 2 is 1.95 bits per heavy atom. The fourth-order valence-electron chi connectivity index (χ4n) is 5.38. The molecule has 2 aliphatic heterocycles. The first-order valence-corrected chi connectivity index (χ1v) is 13.6. The number of nitrogens with zero attached hydrogens (tertiary/aromatic N) is 4. The molecule has 4 aromatic rings. The van der Waals surface area contributed by atoms with E-state index in [1.807, 2.05) is 30.3 Å². The smallest absolute Gasteiger partial charge is 0.251 e. The first kappa shape index (κ1) is 26.2. The van der Waals surface area contributed by atoms with Crippen molar-refractivity contribution in [1.82, 2.24) is 30.4 Å². The number of fused-ring (bicyclic) bond motifs is 1. The number of H-pyrrole nitrogens is 1. The normalized spacial score (nSPS) is 18.4. The number of pyridine rings is 1. The monoisotopic (exact) mass is 561 g/mol. The van der Waals surface area contributed by atoms with Crippen molar-refractivity contribution in [1.29, 1.82) is 0 Å². The Kier molecular flexibility index (Phi) is 7.12. The van der Waals surface area contributed by atoms with Gasteiger partial charge in [0.15, 0.2) is 11.6 Å². The van der Waals surface area contributed by atoms with Crippen molar-refractivity contribution >= 4 is 23.2 Å². The van der Waals surface area contributed by atoms with Gasteiger partial charge in [-0.15, -0.1) is 10.2 Å². The van der Waals surface area contributed by atoms with Crippen molar-refractivity contribution in [2.24, 2.45) is 0 Å². The molecule has 4 heterocycles. The molecule has 40 heavy (non-hydrogen) atoms. The standard InChI is InChI=1S/C29H29ClFN7O2/c1-38-14-10-29(11-15-38,28-34-26(36-37-28)18-7-12-32-13-8-18)35-20-4-2-3-19(17-20)27(39)33-23-9-16-40-25-21(30)5-6-22(31)24(23)25/h2-8,12-13,17,23,35H,9-11,14-16H2,1H3,(H,33,39)(H,34,36,37)/t23-/m1/s1. The quantitative estimate of drug-likeness (QED) is 0.306. The van der Waals surface area contributed by atoms with Gasteiger partial charge < -0.3 is 25.3 Å². The molecule has 2 aromatic carbocycles. The molecule has 6 rings (SSSR count). The van der Waals surface area contributed by atoms with Crippen LogP contribution in [-0.2, 0) is 5.54 Å². The lowest BCUT2D eigenvalue weighted by Gasteiger charge is -2.40. The van der Waals surface area contributed by atoms with Crippen LogP contribution in [0.15, 0.2) is 60.9 Å². The van der Waals surface area contributed by atoms with E-state index in [-0.39, 0.29) is 17.2 Å². The third kappa shape index (κ3) is 5.12. The van der Waals surface area contributed by atoms with Crippen molar-refractivity contribution < 1.29 is 13.9 Å². The summed E-state index contributed by atoms with van der Waals surface area (Å²) in [4.78, 5) is 23.1. The third-order valence-corrected chi connectivity index (χ3v) is 7.94. The number of carbonyl (C=O) groups is 1. The van der Waals surface area contributed by atoms with Crippen LogP contribution in [0.25, 0.3) is 11.4 Å². The maximum atomic E-state index is 14.7. The summed E-state index contributed by atoms with van der Waals surface area (Å²) >= 11 is 6.22. The molecule has 0 aliphatic carbocycles. The topological polar surface area (TPSA) is 108 Å². The van der Waals surface area contributed by atoms with E-state index in [4.69, 9.17) is 16.3 Å². The minimum Gasteiger partial charge on any atom is -0.491 e. The molecule has 1 amide bonds. The van der Waals surface area contributed by atoms with Gasteiger partial charge in [-0.1, -0.05) is 17.7 Å². The lowest BCUT2D eigenvalue weighted by molar-refractivity contribution is 0.0923. The van der Waals surface area contributed by atoms with E-state index >= 15 is 0 Å². The summed E-state index contributed by atoms with van der Waals surface area (Å²) < 4.78 is 20.3. The van der Waals surface area contributed by atoms with Gasteiger partial charge in [0.25, 0.3) is 5.91 Å². The molecule has 9 nitrogen and oxygen atoms in total. The number of likely N-dealkylation sites (tertiary alicyclic amines) is 1. The second-order valence-corrected chi connectivity index (χ2v) is 10.7. The minimum absolute atomic E-state index is 0.280. The summed E-state index contributed by atoms with van der Waals surface area (Å²) in [5, 5.41) is 15.9. The van der Waals surface area contributed by atoms with Gasteiger partial charge in [0.2, 0.25) is 0 Å². The predicted octanol–water partition coefficient (Wildman–Crippen LogP) is 4.95. The molecular formula is C29H29ClFN7O2. The summed E-state index contributed by atoms with van der Waals surface area (Å²) in [6, 6.07) is 13.3. The number of piperidine rings is 1. The molecule has 2 aromatic heterocycles. The molecule has 2 aliphatic rings. The van der Waals surface area contributed by atoms with E-state index in [1.54, 1.807) is 18.5 Å². The number of ether oxygens (including phenoxy) is 1. The molecule has 206 valence electrons. The Morgan fingerprint density at radius 3 is 2.75 bits per heavy atom. The number of carbonyl (C=O) groups excluding carboxylic acids is 1. The molecule has 11 heteroatoms. The van der Waals surface area contributed by atoms with E-state index in [0.29, 0.717) is 29.4 Å². The Labute approximate surface area is 236 Å². The van der Waals surface area contributed by atoms with Crippen LogP contribution in [0.3, 0.4) is 0 Å². The number of hydrogen-bond donors (Lipinski definition) is 3. The molecular weight excluding hydrogens is 533 g/mol. The molecule has 0 bridgehead atoms. The Balaban J connectivity index is 1.25. The minimum atomic E-state index is -0.549. The van der Waals surface area contributed by atoms with Crippen LogP contribution in [0.4, 0.5) is 10.1 Å². The highest BCUT2D eigenvalue weighted by molar-refractivity contribution is 6.32. The zero-order valence-corrected chi connectivity index (χ0v) is 22.7. The van der Waals surface area contributed by atoms with Crippen molar-refractivity contribution in [3.8, 4) is 17.1 Å². The largest absolute Gasteiger partial charge is 0.491 e. The van der Waals surface area contributed by atoms with Crippen LogP contribution in [0.2, 0.25) is 5.02 Å². The van der Waals surface area contributed by atoms with E-state index in [9.17, 15) is 9.18 Å². The van der Waals surface area contributed by atoms with E-state index < -0.39 is 17.4 Å². The molecule has 1 saturated heterocycles. The highest BCUT2D eigenvalue weighted by Crippen LogP contribution is 2.40. The fraction of sp³-hybridized carbons (Fsp3) is 0.310. The second kappa shape index (κ2) is 10.9. The molecule has 1 fully saturated rings. The lowest BCUT2D eigenvalue weighted by atomic mass is 9.86. The maximum absolute atomic E-state index is 14.7. The summed E-state index contributed by atoms with van der Waals surface area (Å²) in [6.07, 6.45) is 5.47. The first-order chi connectivity index (χ1) is 19.4. The van der Waals surface area contributed by atoms with Crippen LogP contribution in [0.1, 0.15) is 47.1 Å². The maximum Gasteiger partial charge on any atom is 0.251 e. The molecule has 0 unspecified atom stereocenters. The number of aromatic amines is 1. The van der Waals surface area contributed by atoms with Crippen molar-refractivity contribution in [2.75, 3.05) is 32.1 Å². The predicted molar refractivity (Wildman–Crippen MR) is 150 cm³/mol. The van der Waals surface area contributed by atoms with Crippen LogP contribution in [-0.4, -0.2) is 57.7 Å². The van der Waals surface area contributed by atoms with Crippen molar-refractivity contribution in [3.05, 3.63) is 88.7 Å². The van der Waals surface area contributed by atoms with Crippen LogP contribution in [0.5, 0.6) is 5.75 Å². The Hall–Kier alpha value is -4.02. The van der Waals surface area contributed by atoms with Crippen LogP contribution < -0.4 is 15.4 Å². The van der Waals surface area contributed by atoms with Gasteiger partial charge in [-0.25, -0.2) is 4.39 Å². The summed E-state index contributed by atoms with van der Waals surface area (Å²) in [5.74, 6) is 0.944. The zero-order valence-electron chi connectivity index (χ0n) is 22.0. The van der Waals surface area contributed by atoms with Crippen molar-refractivity contribution in [3.63, 3.8) is 0 Å². The SMILES string of the molecule is CN1CCC(Nc2cccc(C(=O)N[C@@H]3CCOc4c(Cl)ccc(F)c43)c2)(c2nnc(-c3ccncc3)[nH]2)CC1. The number of anilines is 1. The van der Waals surface area contributed by atoms with Crippen LogP contribution >= 0.6 is 11.6 Å². The van der Waals surface area contributed by atoms with Gasteiger partial charge >= 0.3 is 0 Å². The number of amides is 1. The van der Waals surface area contributed by atoms with E-state index in [0.717, 1.165) is 43.0 Å². The summed E-state index contributed by atoms with van der Waals surface area (Å²) in [7, 11) is 2.10. The second-order valence-electron chi connectivity index (χ2n) is 10.3. The number of benzene rings is 2. The molecule has 0 radical (unpaired) electrons. The fourth-order valence-corrected chi connectivity index (χ4v) is 5.60. The average molecular weight is 562 g/mol. The summed E-state index contributed by atoms with van der Waals surface area (Å²) in [5.41, 5.74) is 1.92. The number of rotatable bonds is 6. The summed E-state index contributed by atoms with van der Waals surface area (Å²) in [6.45, 7) is 2.07. The highest BCUT2D eigenvalue weighted by Gasteiger charge is 2.39. The molecule has 0 saturated carbocycles. The molecule has 1 atom stereocenters. The molecule has 3 N–H and O–H groups in total. The molecule has 0 spiro atoms. The number of nitrogens with one attached hydrogen (secondary N) is 3. The number of hydrogen-bond acceptors (Lipinski definition) is 7.